The van der Waals surface area contributed by atoms with E-state index in [1.807, 2.05) is 0 Å². The third-order valence-electron chi connectivity index (χ3n) is 2.14. The van der Waals surface area contributed by atoms with E-state index in [0.29, 0.717) is 25.9 Å². The third kappa shape index (κ3) is 3.58. The average Bonchev–Trinajstić information content (AvgIpc) is 2.15. The molecule has 1 atom stereocenters. The molecule has 4 N–H and O–H groups in total. The molecule has 0 amide bonds. The summed E-state index contributed by atoms with van der Waals surface area (Å²) < 4.78 is 5.13. The molecule has 1 fully saturated rings. The fourth-order valence-corrected chi connectivity index (χ4v) is 1.27. The predicted molar refractivity (Wildman–Crippen MR) is 46.1 cm³/mol. The van der Waals surface area contributed by atoms with Crippen LogP contribution >= 0.6 is 0 Å². The second-order valence-electron chi connectivity index (χ2n) is 3.34. The minimum atomic E-state index is -1.12. The lowest BCUT2D eigenvalue weighted by Crippen LogP contribution is -2.45. The predicted octanol–water partition coefficient (Wildman–Crippen LogP) is -1.57. The quantitative estimate of drug-likeness (QED) is 0.404. The first-order valence-corrected chi connectivity index (χ1v) is 4.52. The molecule has 5 nitrogen and oxygen atoms in total. The van der Waals surface area contributed by atoms with Crippen molar-refractivity contribution in [1.82, 2.24) is 5.32 Å². The Bertz CT molecular complexity index is 147. The standard InChI is InChI=1S/C8H17NO4/c10-5-7(11)6-13-8(12)1-3-9-4-2-8/h7,9-12H,1-6H2. The van der Waals surface area contributed by atoms with Gasteiger partial charge in [-0.15, -0.1) is 0 Å². The van der Waals surface area contributed by atoms with Crippen LogP contribution in [0.15, 0.2) is 0 Å². The van der Waals surface area contributed by atoms with E-state index in [0.717, 1.165) is 0 Å². The third-order valence-corrected chi connectivity index (χ3v) is 2.14. The first kappa shape index (κ1) is 10.9. The topological polar surface area (TPSA) is 82.0 Å². The van der Waals surface area contributed by atoms with Gasteiger partial charge in [-0.05, 0) is 0 Å². The van der Waals surface area contributed by atoms with Gasteiger partial charge in [0.15, 0.2) is 5.79 Å². The van der Waals surface area contributed by atoms with E-state index in [-0.39, 0.29) is 13.2 Å². The van der Waals surface area contributed by atoms with E-state index in [9.17, 15) is 5.11 Å². The highest BCUT2D eigenvalue weighted by molar-refractivity contribution is 4.75. The molecule has 1 rings (SSSR count). The summed E-state index contributed by atoms with van der Waals surface area (Å²) in [6, 6.07) is 0. The van der Waals surface area contributed by atoms with E-state index < -0.39 is 11.9 Å². The van der Waals surface area contributed by atoms with Gasteiger partial charge in [0, 0.05) is 25.9 Å². The lowest BCUT2D eigenvalue weighted by Gasteiger charge is -2.32. The largest absolute Gasteiger partial charge is 0.394 e. The van der Waals surface area contributed by atoms with Crippen LogP contribution in [0.4, 0.5) is 0 Å². The van der Waals surface area contributed by atoms with Gasteiger partial charge >= 0.3 is 0 Å². The molecular weight excluding hydrogens is 174 g/mol. The second-order valence-corrected chi connectivity index (χ2v) is 3.34. The van der Waals surface area contributed by atoms with Gasteiger partial charge < -0.3 is 25.4 Å². The Labute approximate surface area is 77.3 Å². The van der Waals surface area contributed by atoms with E-state index >= 15 is 0 Å². The summed E-state index contributed by atoms with van der Waals surface area (Å²) in [5.41, 5.74) is 0. The van der Waals surface area contributed by atoms with E-state index in [4.69, 9.17) is 14.9 Å². The fraction of sp³-hybridized carbons (Fsp3) is 1.00. The van der Waals surface area contributed by atoms with Crippen LogP contribution in [0.25, 0.3) is 0 Å². The molecule has 5 heteroatoms. The van der Waals surface area contributed by atoms with Crippen molar-refractivity contribution in [1.29, 1.82) is 0 Å². The lowest BCUT2D eigenvalue weighted by atomic mass is 10.1. The molecular formula is C8H17NO4. The number of ether oxygens (including phenoxy) is 1. The highest BCUT2D eigenvalue weighted by Crippen LogP contribution is 2.19. The normalized spacial score (nSPS) is 24.2. The van der Waals surface area contributed by atoms with Crippen molar-refractivity contribution in [3.05, 3.63) is 0 Å². The van der Waals surface area contributed by atoms with Crippen molar-refractivity contribution in [2.75, 3.05) is 26.3 Å². The lowest BCUT2D eigenvalue weighted by molar-refractivity contribution is -0.229. The Morgan fingerprint density at radius 1 is 1.38 bits per heavy atom. The molecule has 0 bridgehead atoms. The van der Waals surface area contributed by atoms with E-state index in [1.165, 1.54) is 0 Å². The van der Waals surface area contributed by atoms with Gasteiger partial charge in [-0.25, -0.2) is 0 Å². The first-order valence-electron chi connectivity index (χ1n) is 4.52. The number of nitrogens with one attached hydrogen (secondary N) is 1. The molecule has 0 aromatic rings. The van der Waals surface area contributed by atoms with Crippen LogP contribution in [0, 0.1) is 0 Å². The molecule has 1 unspecified atom stereocenters. The summed E-state index contributed by atoms with van der Waals surface area (Å²) in [5.74, 6) is -1.12. The maximum absolute atomic E-state index is 9.76. The number of rotatable bonds is 4. The molecule has 0 saturated carbocycles. The Kier molecular flexibility index (Phi) is 4.08. The van der Waals surface area contributed by atoms with Crippen LogP contribution in [0.5, 0.6) is 0 Å². The van der Waals surface area contributed by atoms with Gasteiger partial charge in [0.2, 0.25) is 0 Å². The molecule has 1 saturated heterocycles. The summed E-state index contributed by atoms with van der Waals surface area (Å²) in [5, 5.41) is 30.4. The fourth-order valence-electron chi connectivity index (χ4n) is 1.27. The van der Waals surface area contributed by atoms with Crippen LogP contribution in [0.2, 0.25) is 0 Å². The van der Waals surface area contributed by atoms with Gasteiger partial charge in [-0.3, -0.25) is 0 Å². The van der Waals surface area contributed by atoms with Crippen molar-refractivity contribution >= 4 is 0 Å². The monoisotopic (exact) mass is 191 g/mol. The zero-order chi connectivity index (χ0) is 9.73. The first-order chi connectivity index (χ1) is 6.16. The van der Waals surface area contributed by atoms with Crippen molar-refractivity contribution in [3.63, 3.8) is 0 Å². The van der Waals surface area contributed by atoms with Crippen molar-refractivity contribution in [3.8, 4) is 0 Å². The zero-order valence-corrected chi connectivity index (χ0v) is 7.57. The van der Waals surface area contributed by atoms with Crippen LogP contribution in [0.1, 0.15) is 12.8 Å². The molecule has 1 aliphatic rings. The highest BCUT2D eigenvalue weighted by atomic mass is 16.6. The summed E-state index contributed by atoms with van der Waals surface area (Å²) in [6.45, 7) is 1.07. The molecule has 1 heterocycles. The van der Waals surface area contributed by atoms with Crippen LogP contribution in [-0.2, 0) is 4.74 Å². The molecule has 0 radical (unpaired) electrons. The SMILES string of the molecule is OCC(O)COC1(O)CCNCC1. The molecule has 78 valence electrons. The number of hydrogen-bond acceptors (Lipinski definition) is 5. The Hall–Kier alpha value is -0.200. The van der Waals surface area contributed by atoms with Gasteiger partial charge in [0.1, 0.15) is 6.10 Å². The van der Waals surface area contributed by atoms with Crippen molar-refractivity contribution in [2.45, 2.75) is 24.7 Å². The number of piperidine rings is 1. The van der Waals surface area contributed by atoms with Crippen LogP contribution < -0.4 is 5.32 Å². The molecule has 0 aliphatic carbocycles. The number of aliphatic hydroxyl groups excluding tert-OH is 2. The van der Waals surface area contributed by atoms with Crippen LogP contribution in [0.3, 0.4) is 0 Å². The number of hydrogen-bond donors (Lipinski definition) is 4. The molecule has 13 heavy (non-hydrogen) atoms. The summed E-state index contributed by atoms with van der Waals surface area (Å²) in [4.78, 5) is 0. The molecule has 0 spiro atoms. The van der Waals surface area contributed by atoms with Crippen molar-refractivity contribution < 1.29 is 20.1 Å². The highest BCUT2D eigenvalue weighted by Gasteiger charge is 2.30. The van der Waals surface area contributed by atoms with Gasteiger partial charge in [-0.1, -0.05) is 0 Å². The summed E-state index contributed by atoms with van der Waals surface area (Å²) in [6.07, 6.45) is 0.134. The van der Waals surface area contributed by atoms with Gasteiger partial charge in [-0.2, -0.15) is 0 Å². The minimum Gasteiger partial charge on any atom is -0.394 e. The van der Waals surface area contributed by atoms with Crippen LogP contribution in [-0.4, -0.2) is 53.5 Å². The smallest absolute Gasteiger partial charge is 0.167 e. The molecule has 0 aromatic heterocycles. The summed E-state index contributed by atoms with van der Waals surface area (Å²) in [7, 11) is 0. The summed E-state index contributed by atoms with van der Waals surface area (Å²) >= 11 is 0. The zero-order valence-electron chi connectivity index (χ0n) is 7.57. The van der Waals surface area contributed by atoms with Gasteiger partial charge in [0.25, 0.3) is 0 Å². The van der Waals surface area contributed by atoms with Gasteiger partial charge in [0.05, 0.1) is 13.2 Å². The Morgan fingerprint density at radius 3 is 2.54 bits per heavy atom. The average molecular weight is 191 g/mol. The maximum atomic E-state index is 9.76. The number of aliphatic hydroxyl groups is 3. The second kappa shape index (κ2) is 4.88. The Balaban J connectivity index is 2.24. The molecule has 0 aromatic carbocycles. The van der Waals surface area contributed by atoms with Crippen molar-refractivity contribution in [2.24, 2.45) is 0 Å². The van der Waals surface area contributed by atoms with E-state index in [2.05, 4.69) is 5.32 Å². The molecule has 1 aliphatic heterocycles. The minimum absolute atomic E-state index is 0.0208. The van der Waals surface area contributed by atoms with E-state index in [1.54, 1.807) is 0 Å². The Morgan fingerprint density at radius 2 is 2.00 bits per heavy atom. The maximum Gasteiger partial charge on any atom is 0.167 e.